The van der Waals surface area contributed by atoms with Gasteiger partial charge in [0.25, 0.3) is 0 Å². The van der Waals surface area contributed by atoms with Gasteiger partial charge in [0.05, 0.1) is 6.61 Å². The molecule has 0 radical (unpaired) electrons. The Balaban J connectivity index is 2.77. The van der Waals surface area contributed by atoms with Gasteiger partial charge in [-0.3, -0.25) is 4.79 Å². The topological polar surface area (TPSA) is 87.1 Å². The summed E-state index contributed by atoms with van der Waals surface area (Å²) in [6.45, 7) is 7.36. The molecule has 0 amide bonds. The van der Waals surface area contributed by atoms with Gasteiger partial charge in [-0.15, -0.1) is 0 Å². The van der Waals surface area contributed by atoms with E-state index in [4.69, 9.17) is 10.3 Å². The van der Waals surface area contributed by atoms with Crippen LogP contribution in [0.2, 0.25) is 0 Å². The highest BCUT2D eigenvalue weighted by atomic mass is 16.5. The van der Waals surface area contributed by atoms with E-state index in [9.17, 15) is 4.79 Å². The average molecular weight is 268 g/mol. The molecule has 0 aromatic heterocycles. The Hall–Kier alpha value is -1.26. The third-order valence-electron chi connectivity index (χ3n) is 3.98. The number of nitrogens with one attached hydrogen (secondary N) is 1. The second-order valence-corrected chi connectivity index (χ2v) is 5.35. The summed E-state index contributed by atoms with van der Waals surface area (Å²) < 4.78 is 5.24. The summed E-state index contributed by atoms with van der Waals surface area (Å²) in [5.41, 5.74) is 7.67. The van der Waals surface area contributed by atoms with Crippen LogP contribution in [0, 0.1) is 11.8 Å². The molecule has 1 aliphatic rings. The second kappa shape index (κ2) is 7.36. The number of esters is 1. The fourth-order valence-corrected chi connectivity index (χ4v) is 2.91. The Morgan fingerprint density at radius 2 is 2.32 bits per heavy atom. The zero-order valence-electron chi connectivity index (χ0n) is 12.1. The zero-order chi connectivity index (χ0) is 14.3. The number of hydrogen-bond acceptors (Lipinski definition) is 4. The van der Waals surface area contributed by atoms with E-state index in [2.05, 4.69) is 29.2 Å². The number of carbonyl (C=O) groups excluding carboxylic acids is 1. The Morgan fingerprint density at radius 1 is 1.58 bits per heavy atom. The maximum absolute atomic E-state index is 12.3. The number of carbonyl (C=O) groups is 1. The SMILES string of the molecule is CCOC(=O)C1(NCCN=[N+]=[N-])CCC(C)CC1C. The minimum Gasteiger partial charge on any atom is -0.465 e. The van der Waals surface area contributed by atoms with Crippen LogP contribution in [0.5, 0.6) is 0 Å². The van der Waals surface area contributed by atoms with Gasteiger partial charge in [0.1, 0.15) is 5.54 Å². The summed E-state index contributed by atoms with van der Waals surface area (Å²) in [5.74, 6) is 0.688. The molecule has 3 unspecified atom stereocenters. The Morgan fingerprint density at radius 3 is 2.89 bits per heavy atom. The molecule has 1 saturated carbocycles. The lowest BCUT2D eigenvalue weighted by Gasteiger charge is -2.43. The fourth-order valence-electron chi connectivity index (χ4n) is 2.91. The van der Waals surface area contributed by atoms with Crippen LogP contribution >= 0.6 is 0 Å². The Bertz CT molecular complexity index is 355. The molecule has 0 bridgehead atoms. The minimum absolute atomic E-state index is 0.171. The van der Waals surface area contributed by atoms with Crippen LogP contribution in [0.4, 0.5) is 0 Å². The lowest BCUT2D eigenvalue weighted by molar-refractivity contribution is -0.156. The highest BCUT2D eigenvalue weighted by molar-refractivity contribution is 5.81. The number of hydrogen-bond donors (Lipinski definition) is 1. The van der Waals surface area contributed by atoms with Crippen LogP contribution in [0.25, 0.3) is 10.4 Å². The van der Waals surface area contributed by atoms with Crippen molar-refractivity contribution in [3.05, 3.63) is 10.4 Å². The van der Waals surface area contributed by atoms with Crippen molar-refractivity contribution in [3.63, 3.8) is 0 Å². The predicted molar refractivity (Wildman–Crippen MR) is 73.6 cm³/mol. The molecule has 1 aliphatic carbocycles. The molecule has 0 aliphatic heterocycles. The monoisotopic (exact) mass is 268 g/mol. The standard InChI is InChI=1S/C13H24N4O2/c1-4-19-12(18)13(15-7-8-16-17-14)6-5-10(2)9-11(13)3/h10-11,15H,4-9H2,1-3H3. The van der Waals surface area contributed by atoms with Crippen LogP contribution in [0.1, 0.15) is 40.0 Å². The number of azide groups is 1. The van der Waals surface area contributed by atoms with E-state index in [1.54, 1.807) is 0 Å². The molecular formula is C13H24N4O2. The summed E-state index contributed by atoms with van der Waals surface area (Å²) in [6.07, 6.45) is 2.80. The van der Waals surface area contributed by atoms with E-state index < -0.39 is 5.54 Å². The van der Waals surface area contributed by atoms with Gasteiger partial charge in [0, 0.05) is 18.0 Å². The van der Waals surface area contributed by atoms with Crippen LogP contribution in [-0.2, 0) is 9.53 Å². The molecule has 6 heteroatoms. The first kappa shape index (κ1) is 15.8. The zero-order valence-corrected chi connectivity index (χ0v) is 12.1. The van der Waals surface area contributed by atoms with Crippen molar-refractivity contribution in [2.45, 2.75) is 45.6 Å². The van der Waals surface area contributed by atoms with Crippen molar-refractivity contribution in [2.75, 3.05) is 19.7 Å². The first-order chi connectivity index (χ1) is 9.06. The molecular weight excluding hydrogens is 244 g/mol. The predicted octanol–water partition coefficient (Wildman–Crippen LogP) is 2.64. The molecule has 0 spiro atoms. The quantitative estimate of drug-likeness (QED) is 0.264. The van der Waals surface area contributed by atoms with Crippen molar-refractivity contribution >= 4 is 5.97 Å². The number of rotatable bonds is 6. The number of ether oxygens (including phenoxy) is 1. The van der Waals surface area contributed by atoms with Crippen molar-refractivity contribution in [3.8, 4) is 0 Å². The van der Waals surface area contributed by atoms with Gasteiger partial charge < -0.3 is 10.1 Å². The van der Waals surface area contributed by atoms with E-state index in [-0.39, 0.29) is 11.9 Å². The summed E-state index contributed by atoms with van der Waals surface area (Å²) in [6, 6.07) is 0. The van der Waals surface area contributed by atoms with Crippen molar-refractivity contribution in [1.29, 1.82) is 0 Å². The first-order valence-corrected chi connectivity index (χ1v) is 7.00. The van der Waals surface area contributed by atoms with Crippen LogP contribution in [-0.4, -0.2) is 31.2 Å². The van der Waals surface area contributed by atoms with E-state index >= 15 is 0 Å². The molecule has 19 heavy (non-hydrogen) atoms. The van der Waals surface area contributed by atoms with Gasteiger partial charge in [0.2, 0.25) is 0 Å². The second-order valence-electron chi connectivity index (χ2n) is 5.35. The summed E-state index contributed by atoms with van der Waals surface area (Å²) in [4.78, 5) is 15.0. The molecule has 3 atom stereocenters. The first-order valence-electron chi connectivity index (χ1n) is 7.00. The molecule has 0 aromatic rings. The smallest absolute Gasteiger partial charge is 0.326 e. The lowest BCUT2D eigenvalue weighted by atomic mass is 9.70. The van der Waals surface area contributed by atoms with Gasteiger partial charge in [0.15, 0.2) is 0 Å². The average Bonchev–Trinajstić information content (AvgIpc) is 2.37. The molecule has 1 rings (SSSR count). The van der Waals surface area contributed by atoms with Gasteiger partial charge in [-0.1, -0.05) is 19.0 Å². The van der Waals surface area contributed by atoms with Gasteiger partial charge in [-0.2, -0.15) is 0 Å². The number of nitrogens with zero attached hydrogens (tertiary/aromatic N) is 3. The fraction of sp³-hybridized carbons (Fsp3) is 0.923. The molecule has 0 heterocycles. The van der Waals surface area contributed by atoms with Crippen molar-refractivity contribution < 1.29 is 9.53 Å². The minimum atomic E-state index is -0.618. The largest absolute Gasteiger partial charge is 0.465 e. The van der Waals surface area contributed by atoms with E-state index in [1.165, 1.54) is 0 Å². The summed E-state index contributed by atoms with van der Waals surface area (Å²) >= 11 is 0. The van der Waals surface area contributed by atoms with E-state index in [0.29, 0.717) is 25.6 Å². The normalized spacial score (nSPS) is 30.5. The maximum Gasteiger partial charge on any atom is 0.326 e. The van der Waals surface area contributed by atoms with Gasteiger partial charge in [-0.05, 0) is 43.6 Å². The highest BCUT2D eigenvalue weighted by Crippen LogP contribution is 2.37. The Labute approximate surface area is 114 Å². The molecule has 1 N–H and O–H groups in total. The summed E-state index contributed by atoms with van der Waals surface area (Å²) in [5, 5.41) is 6.78. The van der Waals surface area contributed by atoms with E-state index in [1.807, 2.05) is 6.92 Å². The maximum atomic E-state index is 12.3. The Kier molecular flexibility index (Phi) is 6.12. The third-order valence-corrected chi connectivity index (χ3v) is 3.98. The van der Waals surface area contributed by atoms with Crippen LogP contribution in [0.15, 0.2) is 5.11 Å². The lowest BCUT2D eigenvalue weighted by Crippen LogP contribution is -2.60. The molecule has 0 saturated heterocycles. The van der Waals surface area contributed by atoms with Gasteiger partial charge >= 0.3 is 5.97 Å². The molecule has 1 fully saturated rings. The van der Waals surface area contributed by atoms with Gasteiger partial charge in [-0.25, -0.2) is 0 Å². The van der Waals surface area contributed by atoms with E-state index in [0.717, 1.165) is 19.3 Å². The highest BCUT2D eigenvalue weighted by Gasteiger charge is 2.47. The molecule has 6 nitrogen and oxygen atoms in total. The molecule has 108 valence electrons. The van der Waals surface area contributed by atoms with Crippen molar-refractivity contribution in [1.82, 2.24) is 5.32 Å². The van der Waals surface area contributed by atoms with Crippen molar-refractivity contribution in [2.24, 2.45) is 17.0 Å². The van der Waals surface area contributed by atoms with Crippen LogP contribution in [0.3, 0.4) is 0 Å². The third kappa shape index (κ3) is 3.85. The summed E-state index contributed by atoms with van der Waals surface area (Å²) in [7, 11) is 0. The van der Waals surface area contributed by atoms with Crippen LogP contribution < -0.4 is 5.32 Å². The molecule has 0 aromatic carbocycles.